The largest absolute Gasteiger partial charge is 0.497 e. The summed E-state index contributed by atoms with van der Waals surface area (Å²) in [4.78, 5) is 55.0. The van der Waals surface area contributed by atoms with E-state index in [1.165, 1.54) is 6.92 Å². The molecule has 0 fully saturated rings. The molecule has 2 aromatic carbocycles. The Kier molecular flexibility index (Phi) is 7.92. The van der Waals surface area contributed by atoms with E-state index < -0.39 is 23.3 Å². The Labute approximate surface area is 196 Å². The van der Waals surface area contributed by atoms with Crippen LogP contribution in [0.5, 0.6) is 11.5 Å². The number of carbonyl (C=O) groups excluding carboxylic acids is 3. The van der Waals surface area contributed by atoms with E-state index in [0.29, 0.717) is 11.5 Å². The lowest BCUT2D eigenvalue weighted by Crippen LogP contribution is -2.34. The highest BCUT2D eigenvalue weighted by molar-refractivity contribution is 5.96. The van der Waals surface area contributed by atoms with Crippen molar-refractivity contribution in [2.75, 3.05) is 14.2 Å². The van der Waals surface area contributed by atoms with Crippen molar-refractivity contribution in [3.05, 3.63) is 87.6 Å². The fourth-order valence-corrected chi connectivity index (χ4v) is 3.27. The summed E-state index contributed by atoms with van der Waals surface area (Å²) in [6.45, 7) is 1.37. The molecule has 3 rings (SSSR count). The van der Waals surface area contributed by atoms with Crippen LogP contribution in [0.15, 0.2) is 59.5 Å². The minimum absolute atomic E-state index is 0.0518. The molecule has 0 spiro atoms. The summed E-state index contributed by atoms with van der Waals surface area (Å²) in [7, 11) is 3.12. The van der Waals surface area contributed by atoms with Gasteiger partial charge in [-0.1, -0.05) is 24.3 Å². The molecule has 1 amide bonds. The first-order valence-corrected chi connectivity index (χ1v) is 10.5. The number of hydrogen-bond acceptors (Lipinski definition) is 7. The highest BCUT2D eigenvalue weighted by Gasteiger charge is 2.21. The van der Waals surface area contributed by atoms with Gasteiger partial charge in [-0.25, -0.2) is 4.98 Å². The summed E-state index contributed by atoms with van der Waals surface area (Å²) < 4.78 is 10.4. The third-order valence-corrected chi connectivity index (χ3v) is 5.19. The summed E-state index contributed by atoms with van der Waals surface area (Å²) >= 11 is 0. The molecule has 0 saturated carbocycles. The Balaban J connectivity index is 1.88. The van der Waals surface area contributed by atoms with E-state index in [4.69, 9.17) is 9.47 Å². The summed E-state index contributed by atoms with van der Waals surface area (Å²) in [5.74, 6) is -0.148. The lowest BCUT2D eigenvalue weighted by molar-refractivity contribution is -0.117. The van der Waals surface area contributed by atoms with E-state index in [1.807, 2.05) is 24.3 Å². The van der Waals surface area contributed by atoms with Crippen molar-refractivity contribution in [3.8, 4) is 11.5 Å². The Bertz CT molecular complexity index is 1190. The number of nitrogens with one attached hydrogen (secondary N) is 2. The van der Waals surface area contributed by atoms with Crippen LogP contribution in [0.3, 0.4) is 0 Å². The Morgan fingerprint density at radius 1 is 0.912 bits per heavy atom. The molecule has 2 N–H and O–H groups in total. The van der Waals surface area contributed by atoms with E-state index in [0.717, 1.165) is 17.3 Å². The van der Waals surface area contributed by atoms with Crippen LogP contribution >= 0.6 is 0 Å². The number of methoxy groups -OCH3 is 2. The zero-order valence-electron chi connectivity index (χ0n) is 19.1. The minimum atomic E-state index is -0.748. The van der Waals surface area contributed by atoms with Crippen LogP contribution in [-0.2, 0) is 4.79 Å². The molecule has 0 aliphatic rings. The Morgan fingerprint density at radius 2 is 1.44 bits per heavy atom. The monoisotopic (exact) mass is 463 g/mol. The number of rotatable bonds is 10. The van der Waals surface area contributed by atoms with Gasteiger partial charge in [0.2, 0.25) is 0 Å². The van der Waals surface area contributed by atoms with Crippen molar-refractivity contribution in [2.45, 2.75) is 25.8 Å². The van der Waals surface area contributed by atoms with Crippen LogP contribution in [0.25, 0.3) is 0 Å². The second kappa shape index (κ2) is 11.0. The molecule has 0 atom stereocenters. The van der Waals surface area contributed by atoms with Gasteiger partial charge in [0.05, 0.1) is 20.3 Å². The second-order valence-corrected chi connectivity index (χ2v) is 7.55. The van der Waals surface area contributed by atoms with Gasteiger partial charge in [0, 0.05) is 19.0 Å². The zero-order chi connectivity index (χ0) is 24.7. The number of carbonyl (C=O) groups is 3. The number of hydrogen-bond donors (Lipinski definition) is 2. The van der Waals surface area contributed by atoms with E-state index in [2.05, 4.69) is 15.3 Å². The van der Waals surface area contributed by atoms with E-state index in [9.17, 15) is 19.2 Å². The molecule has 34 heavy (non-hydrogen) atoms. The van der Waals surface area contributed by atoms with Crippen molar-refractivity contribution in [3.63, 3.8) is 0 Å². The van der Waals surface area contributed by atoms with E-state index in [-0.39, 0.29) is 30.0 Å². The Hall–Kier alpha value is -4.27. The molecule has 0 aliphatic carbocycles. The molecule has 0 unspecified atom stereocenters. The molecule has 0 aliphatic heterocycles. The third-order valence-electron chi connectivity index (χ3n) is 5.19. The van der Waals surface area contributed by atoms with Crippen molar-refractivity contribution in [1.82, 2.24) is 15.3 Å². The Morgan fingerprint density at radius 3 is 1.88 bits per heavy atom. The van der Waals surface area contributed by atoms with Gasteiger partial charge in [0.25, 0.3) is 11.5 Å². The molecule has 0 saturated heterocycles. The summed E-state index contributed by atoms with van der Waals surface area (Å²) in [5, 5.41) is 2.86. The van der Waals surface area contributed by atoms with E-state index >= 15 is 0 Å². The molecular formula is C25H25N3O6. The van der Waals surface area contributed by atoms with Gasteiger partial charge in [-0.05, 0) is 42.3 Å². The van der Waals surface area contributed by atoms with Crippen LogP contribution < -0.4 is 20.3 Å². The molecular weight excluding hydrogens is 438 g/mol. The van der Waals surface area contributed by atoms with Gasteiger partial charge in [-0.2, -0.15) is 0 Å². The topological polar surface area (TPSA) is 127 Å². The molecule has 9 heteroatoms. The molecule has 0 bridgehead atoms. The van der Waals surface area contributed by atoms with Crippen molar-refractivity contribution >= 4 is 17.5 Å². The van der Waals surface area contributed by atoms with Gasteiger partial charge < -0.3 is 24.6 Å². The van der Waals surface area contributed by atoms with Crippen LogP contribution in [0.4, 0.5) is 0 Å². The normalized spacial score (nSPS) is 10.6. The predicted octanol–water partition coefficient (Wildman–Crippen LogP) is 2.86. The molecule has 176 valence electrons. The number of amides is 1. The van der Waals surface area contributed by atoms with Gasteiger partial charge in [0.1, 0.15) is 22.8 Å². The third kappa shape index (κ3) is 5.94. The second-order valence-electron chi connectivity index (χ2n) is 7.55. The number of Topliss-reactive ketones (excluding diaryl/α,β-unsaturated/α-hetero) is 2. The summed E-state index contributed by atoms with van der Waals surface area (Å²) in [6.07, 6.45) is 1.05. The molecule has 3 aromatic rings. The van der Waals surface area contributed by atoms with Crippen LogP contribution in [0.1, 0.15) is 57.9 Å². The predicted molar refractivity (Wildman–Crippen MR) is 124 cm³/mol. The maximum atomic E-state index is 13.0. The number of nitrogens with zero attached hydrogens (tertiary/aromatic N) is 1. The van der Waals surface area contributed by atoms with Gasteiger partial charge in [-0.3, -0.25) is 14.4 Å². The number of ether oxygens (including phenoxy) is 2. The van der Waals surface area contributed by atoms with Crippen LogP contribution in [0, 0.1) is 0 Å². The number of ketones is 2. The molecule has 1 heterocycles. The van der Waals surface area contributed by atoms with Gasteiger partial charge in [-0.15, -0.1) is 0 Å². The standard InChI is InChI=1S/C25H25N3O6/c1-15(29)4-13-21(30)23-26-14-20(25(32)28-23)24(31)27-22(16-5-9-18(33-2)10-6-16)17-7-11-19(34-3)12-8-17/h5-12,14,22H,4,13H2,1-3H3,(H,27,31)(H,26,28,32). The summed E-state index contributed by atoms with van der Waals surface area (Å²) in [5.41, 5.74) is 0.538. The summed E-state index contributed by atoms with van der Waals surface area (Å²) in [6, 6.07) is 13.8. The average molecular weight is 463 g/mol. The highest BCUT2D eigenvalue weighted by Crippen LogP contribution is 2.26. The van der Waals surface area contributed by atoms with Gasteiger partial charge in [0.15, 0.2) is 11.6 Å². The van der Waals surface area contributed by atoms with Crippen molar-refractivity contribution in [1.29, 1.82) is 0 Å². The first-order chi connectivity index (χ1) is 16.3. The van der Waals surface area contributed by atoms with E-state index in [1.54, 1.807) is 38.5 Å². The van der Waals surface area contributed by atoms with Gasteiger partial charge >= 0.3 is 0 Å². The average Bonchev–Trinajstić information content (AvgIpc) is 2.85. The van der Waals surface area contributed by atoms with Crippen LogP contribution in [-0.4, -0.2) is 41.7 Å². The molecule has 1 aromatic heterocycles. The van der Waals surface area contributed by atoms with Crippen molar-refractivity contribution < 1.29 is 23.9 Å². The fraction of sp³-hybridized carbons (Fsp3) is 0.240. The maximum Gasteiger partial charge on any atom is 0.264 e. The number of aromatic amines is 1. The van der Waals surface area contributed by atoms with Crippen molar-refractivity contribution in [2.24, 2.45) is 0 Å². The fourth-order valence-electron chi connectivity index (χ4n) is 3.27. The quantitative estimate of drug-likeness (QED) is 0.443. The maximum absolute atomic E-state index is 13.0. The first kappa shape index (κ1) is 24.4. The van der Waals surface area contributed by atoms with Crippen LogP contribution in [0.2, 0.25) is 0 Å². The SMILES string of the molecule is COc1ccc(C(NC(=O)c2cnc(C(=O)CCC(C)=O)[nH]c2=O)c2ccc(OC)cc2)cc1. The lowest BCUT2D eigenvalue weighted by atomic mass is 9.98. The lowest BCUT2D eigenvalue weighted by Gasteiger charge is -2.20. The number of H-pyrrole nitrogens is 1. The number of benzene rings is 2. The minimum Gasteiger partial charge on any atom is -0.497 e. The zero-order valence-corrected chi connectivity index (χ0v) is 19.1. The highest BCUT2D eigenvalue weighted by atomic mass is 16.5. The number of aromatic nitrogens is 2. The smallest absolute Gasteiger partial charge is 0.264 e. The molecule has 0 radical (unpaired) electrons. The first-order valence-electron chi connectivity index (χ1n) is 10.5. The molecule has 9 nitrogen and oxygen atoms in total.